The van der Waals surface area contributed by atoms with Crippen LogP contribution < -0.4 is 10.6 Å². The summed E-state index contributed by atoms with van der Waals surface area (Å²) in [5, 5.41) is 8.04. The molecule has 0 bridgehead atoms. The van der Waals surface area contributed by atoms with Crippen LogP contribution in [0.25, 0.3) is 0 Å². The van der Waals surface area contributed by atoms with Crippen LogP contribution in [0.3, 0.4) is 0 Å². The summed E-state index contributed by atoms with van der Waals surface area (Å²) in [7, 11) is 0. The van der Waals surface area contributed by atoms with Crippen LogP contribution in [-0.2, 0) is 11.3 Å². The van der Waals surface area contributed by atoms with Gasteiger partial charge in [0.1, 0.15) is 0 Å². The SMILES string of the molecule is O=C(NCc1cccc(NC(=O)C2CCCC2)c1)c1nccs1. The lowest BCUT2D eigenvalue weighted by atomic mass is 10.1. The van der Waals surface area contributed by atoms with E-state index in [1.54, 1.807) is 11.6 Å². The third-order valence-electron chi connectivity index (χ3n) is 4.00. The zero-order chi connectivity index (χ0) is 16.1. The molecule has 1 saturated carbocycles. The fourth-order valence-electron chi connectivity index (χ4n) is 2.78. The minimum absolute atomic E-state index is 0.103. The highest BCUT2D eigenvalue weighted by Crippen LogP contribution is 2.26. The van der Waals surface area contributed by atoms with Gasteiger partial charge in [-0.3, -0.25) is 9.59 Å². The molecule has 23 heavy (non-hydrogen) atoms. The molecule has 1 fully saturated rings. The van der Waals surface area contributed by atoms with Gasteiger partial charge < -0.3 is 10.6 Å². The van der Waals surface area contributed by atoms with Gasteiger partial charge in [-0.15, -0.1) is 11.3 Å². The second kappa shape index (κ2) is 7.37. The molecule has 1 aliphatic carbocycles. The molecule has 120 valence electrons. The summed E-state index contributed by atoms with van der Waals surface area (Å²) in [5.74, 6) is 0.0649. The van der Waals surface area contributed by atoms with Crippen molar-refractivity contribution in [3.8, 4) is 0 Å². The van der Waals surface area contributed by atoms with Crippen molar-refractivity contribution >= 4 is 28.8 Å². The fourth-order valence-corrected chi connectivity index (χ4v) is 3.34. The Morgan fingerprint density at radius 2 is 2.09 bits per heavy atom. The second-order valence-corrected chi connectivity index (χ2v) is 6.59. The van der Waals surface area contributed by atoms with Crippen LogP contribution in [0.1, 0.15) is 41.0 Å². The quantitative estimate of drug-likeness (QED) is 0.885. The third-order valence-corrected chi connectivity index (χ3v) is 4.77. The molecular formula is C17H19N3O2S. The highest BCUT2D eigenvalue weighted by atomic mass is 32.1. The summed E-state index contributed by atoms with van der Waals surface area (Å²) in [4.78, 5) is 28.0. The van der Waals surface area contributed by atoms with Gasteiger partial charge in [0.2, 0.25) is 5.91 Å². The van der Waals surface area contributed by atoms with Crippen molar-refractivity contribution in [2.45, 2.75) is 32.2 Å². The van der Waals surface area contributed by atoms with Crippen LogP contribution in [-0.4, -0.2) is 16.8 Å². The van der Waals surface area contributed by atoms with E-state index >= 15 is 0 Å². The van der Waals surface area contributed by atoms with Crippen LogP contribution in [0, 0.1) is 5.92 Å². The van der Waals surface area contributed by atoms with Crippen molar-refractivity contribution in [3.05, 3.63) is 46.4 Å². The summed E-state index contributed by atoms with van der Waals surface area (Å²) >= 11 is 1.31. The maximum absolute atomic E-state index is 12.2. The van der Waals surface area contributed by atoms with Gasteiger partial charge in [-0.1, -0.05) is 25.0 Å². The standard InChI is InChI=1S/C17H19N3O2S/c21-15(13-5-1-2-6-13)20-14-7-3-4-12(10-14)11-19-16(22)17-18-8-9-23-17/h3-4,7-10,13H,1-2,5-6,11H2,(H,19,22)(H,20,21). The first-order valence-electron chi connectivity index (χ1n) is 7.80. The fraction of sp³-hybridized carbons (Fsp3) is 0.353. The topological polar surface area (TPSA) is 71.1 Å². The number of aromatic nitrogens is 1. The van der Waals surface area contributed by atoms with E-state index < -0.39 is 0 Å². The van der Waals surface area contributed by atoms with E-state index in [4.69, 9.17) is 0 Å². The number of carbonyl (C=O) groups excluding carboxylic acids is 2. The maximum atomic E-state index is 12.2. The monoisotopic (exact) mass is 329 g/mol. The van der Waals surface area contributed by atoms with Crippen molar-refractivity contribution in [2.24, 2.45) is 5.92 Å². The molecule has 0 radical (unpaired) electrons. The third kappa shape index (κ3) is 4.16. The Bertz CT molecular complexity index is 679. The van der Waals surface area contributed by atoms with Crippen LogP contribution >= 0.6 is 11.3 Å². The summed E-state index contributed by atoms with van der Waals surface area (Å²) in [5.41, 5.74) is 1.72. The van der Waals surface area contributed by atoms with Crippen molar-refractivity contribution in [1.82, 2.24) is 10.3 Å². The molecule has 1 aromatic carbocycles. The Kier molecular flexibility index (Phi) is 5.02. The molecule has 1 heterocycles. The van der Waals surface area contributed by atoms with Crippen LogP contribution in [0.4, 0.5) is 5.69 Å². The zero-order valence-corrected chi connectivity index (χ0v) is 13.6. The average Bonchev–Trinajstić information content (AvgIpc) is 3.25. The predicted octanol–water partition coefficient (Wildman–Crippen LogP) is 3.20. The van der Waals surface area contributed by atoms with Gasteiger partial charge in [0, 0.05) is 29.7 Å². The van der Waals surface area contributed by atoms with Crippen LogP contribution in [0.5, 0.6) is 0 Å². The van der Waals surface area contributed by atoms with Crippen molar-refractivity contribution in [3.63, 3.8) is 0 Å². The number of nitrogens with one attached hydrogen (secondary N) is 2. The number of hydrogen-bond acceptors (Lipinski definition) is 4. The normalized spacial score (nSPS) is 14.6. The Morgan fingerprint density at radius 3 is 2.83 bits per heavy atom. The first-order valence-corrected chi connectivity index (χ1v) is 8.68. The van der Waals surface area contributed by atoms with Gasteiger partial charge in [0.25, 0.3) is 5.91 Å². The molecule has 0 saturated heterocycles. The Balaban J connectivity index is 1.56. The van der Waals surface area contributed by atoms with E-state index in [0.29, 0.717) is 11.6 Å². The second-order valence-electron chi connectivity index (χ2n) is 5.69. The van der Waals surface area contributed by atoms with E-state index in [9.17, 15) is 9.59 Å². The molecule has 2 amide bonds. The van der Waals surface area contributed by atoms with Gasteiger partial charge in [-0.25, -0.2) is 4.98 Å². The lowest BCUT2D eigenvalue weighted by molar-refractivity contribution is -0.119. The van der Waals surface area contributed by atoms with Gasteiger partial charge in [-0.05, 0) is 30.5 Å². The minimum atomic E-state index is -0.180. The average molecular weight is 329 g/mol. The number of benzene rings is 1. The Labute approximate surface area is 139 Å². The molecule has 2 aromatic rings. The first kappa shape index (κ1) is 15.7. The molecule has 3 rings (SSSR count). The molecular weight excluding hydrogens is 310 g/mol. The van der Waals surface area contributed by atoms with Crippen molar-refractivity contribution in [2.75, 3.05) is 5.32 Å². The number of thiazole rings is 1. The molecule has 1 aliphatic rings. The van der Waals surface area contributed by atoms with Gasteiger partial charge in [0.15, 0.2) is 5.01 Å². The Morgan fingerprint density at radius 1 is 1.26 bits per heavy atom. The van der Waals surface area contributed by atoms with Crippen molar-refractivity contribution < 1.29 is 9.59 Å². The van der Waals surface area contributed by atoms with Gasteiger partial charge in [0.05, 0.1) is 0 Å². The molecule has 0 atom stereocenters. The summed E-state index contributed by atoms with van der Waals surface area (Å²) in [6, 6.07) is 7.58. The lowest BCUT2D eigenvalue weighted by Crippen LogP contribution is -2.23. The predicted molar refractivity (Wildman–Crippen MR) is 90.3 cm³/mol. The maximum Gasteiger partial charge on any atom is 0.280 e. The molecule has 5 nitrogen and oxygen atoms in total. The van der Waals surface area contributed by atoms with E-state index in [1.807, 2.05) is 24.3 Å². The van der Waals surface area contributed by atoms with Crippen LogP contribution in [0.2, 0.25) is 0 Å². The smallest absolute Gasteiger partial charge is 0.280 e. The van der Waals surface area contributed by atoms with E-state index in [2.05, 4.69) is 15.6 Å². The minimum Gasteiger partial charge on any atom is -0.346 e. The van der Waals surface area contributed by atoms with E-state index in [0.717, 1.165) is 36.9 Å². The molecule has 2 N–H and O–H groups in total. The zero-order valence-electron chi connectivity index (χ0n) is 12.7. The van der Waals surface area contributed by atoms with E-state index in [1.165, 1.54) is 11.3 Å². The number of hydrogen-bond donors (Lipinski definition) is 2. The highest BCUT2D eigenvalue weighted by Gasteiger charge is 2.22. The molecule has 6 heteroatoms. The number of amides is 2. The highest BCUT2D eigenvalue weighted by molar-refractivity contribution is 7.11. The molecule has 1 aromatic heterocycles. The summed E-state index contributed by atoms with van der Waals surface area (Å²) in [6.45, 7) is 0.408. The van der Waals surface area contributed by atoms with Gasteiger partial charge >= 0.3 is 0 Å². The molecule has 0 spiro atoms. The number of anilines is 1. The largest absolute Gasteiger partial charge is 0.346 e. The summed E-state index contributed by atoms with van der Waals surface area (Å²) < 4.78 is 0. The number of nitrogens with zero attached hydrogens (tertiary/aromatic N) is 1. The first-order chi connectivity index (χ1) is 11.2. The summed E-state index contributed by atoms with van der Waals surface area (Å²) in [6.07, 6.45) is 5.85. The molecule has 0 unspecified atom stereocenters. The van der Waals surface area contributed by atoms with Crippen molar-refractivity contribution in [1.29, 1.82) is 0 Å². The van der Waals surface area contributed by atoms with Gasteiger partial charge in [-0.2, -0.15) is 0 Å². The van der Waals surface area contributed by atoms with Crippen LogP contribution in [0.15, 0.2) is 35.8 Å². The lowest BCUT2D eigenvalue weighted by Gasteiger charge is -2.11. The Hall–Kier alpha value is -2.21. The number of carbonyl (C=O) groups is 2. The number of rotatable bonds is 5. The molecule has 0 aliphatic heterocycles. The van der Waals surface area contributed by atoms with E-state index in [-0.39, 0.29) is 17.7 Å².